The van der Waals surface area contributed by atoms with Gasteiger partial charge in [0, 0.05) is 10.5 Å². The summed E-state index contributed by atoms with van der Waals surface area (Å²) in [6.07, 6.45) is 2.01. The molecule has 0 aliphatic heterocycles. The Kier molecular flexibility index (Phi) is 3.01. The molecule has 2 rings (SSSR count). The fourth-order valence-corrected chi connectivity index (χ4v) is 1.86. The largest absolute Gasteiger partial charge is 0.451 e. The van der Waals surface area contributed by atoms with Crippen molar-refractivity contribution in [1.82, 2.24) is 0 Å². The first-order valence-electron chi connectivity index (χ1n) is 4.75. The van der Waals surface area contributed by atoms with E-state index in [4.69, 9.17) is 10.2 Å². The van der Waals surface area contributed by atoms with Gasteiger partial charge in [-0.1, -0.05) is 12.1 Å². The maximum Gasteiger partial charge on any atom is 0.284 e. The van der Waals surface area contributed by atoms with Crippen LogP contribution >= 0.6 is 11.8 Å². The lowest BCUT2D eigenvalue weighted by Crippen LogP contribution is -2.09. The molecule has 3 nitrogen and oxygen atoms in total. The van der Waals surface area contributed by atoms with E-state index in [0.717, 1.165) is 10.5 Å². The van der Waals surface area contributed by atoms with Crippen molar-refractivity contribution in [2.24, 2.45) is 5.73 Å². The standard InChI is InChI=1S/C12H11NO2S/c1-16-9-4-2-3-8(7-9)10-5-6-11(15-10)12(13)14/h2-7H,1H3,(H2,13,14). The summed E-state index contributed by atoms with van der Waals surface area (Å²) in [4.78, 5) is 12.0. The Morgan fingerprint density at radius 3 is 2.75 bits per heavy atom. The molecule has 1 aromatic heterocycles. The highest BCUT2D eigenvalue weighted by molar-refractivity contribution is 7.98. The third-order valence-electron chi connectivity index (χ3n) is 2.20. The minimum atomic E-state index is -0.549. The van der Waals surface area contributed by atoms with Crippen molar-refractivity contribution in [3.05, 3.63) is 42.2 Å². The first kappa shape index (κ1) is 10.8. The van der Waals surface area contributed by atoms with Crippen molar-refractivity contribution in [2.45, 2.75) is 4.90 Å². The predicted molar refractivity (Wildman–Crippen MR) is 64.4 cm³/mol. The summed E-state index contributed by atoms with van der Waals surface area (Å²) in [6, 6.07) is 11.3. The number of benzene rings is 1. The predicted octanol–water partition coefficient (Wildman–Crippen LogP) is 2.77. The summed E-state index contributed by atoms with van der Waals surface area (Å²) in [7, 11) is 0. The molecule has 0 atom stereocenters. The second-order valence-electron chi connectivity index (χ2n) is 3.26. The third kappa shape index (κ3) is 2.12. The lowest BCUT2D eigenvalue weighted by Gasteiger charge is -1.99. The Bertz CT molecular complexity index is 519. The van der Waals surface area contributed by atoms with E-state index in [0.29, 0.717) is 5.76 Å². The lowest BCUT2D eigenvalue weighted by molar-refractivity contribution is 0.0974. The Labute approximate surface area is 97.6 Å². The maximum absolute atomic E-state index is 10.9. The van der Waals surface area contributed by atoms with E-state index in [2.05, 4.69) is 0 Å². The van der Waals surface area contributed by atoms with Crippen LogP contribution in [0.5, 0.6) is 0 Å². The Morgan fingerprint density at radius 1 is 1.31 bits per heavy atom. The van der Waals surface area contributed by atoms with E-state index in [1.807, 2.05) is 30.5 Å². The molecule has 2 N–H and O–H groups in total. The molecule has 82 valence electrons. The van der Waals surface area contributed by atoms with Crippen molar-refractivity contribution in [3.8, 4) is 11.3 Å². The normalized spacial score (nSPS) is 10.3. The molecule has 0 radical (unpaired) electrons. The number of furan rings is 1. The van der Waals surface area contributed by atoms with Gasteiger partial charge in [0.25, 0.3) is 5.91 Å². The smallest absolute Gasteiger partial charge is 0.284 e. The molecule has 0 aliphatic rings. The summed E-state index contributed by atoms with van der Waals surface area (Å²) < 4.78 is 5.35. The molecule has 1 aromatic carbocycles. The molecule has 0 fully saturated rings. The minimum Gasteiger partial charge on any atom is -0.451 e. The van der Waals surface area contributed by atoms with Gasteiger partial charge in [0.15, 0.2) is 5.76 Å². The SMILES string of the molecule is CSc1cccc(-c2ccc(C(N)=O)o2)c1. The van der Waals surface area contributed by atoms with Gasteiger partial charge in [0.2, 0.25) is 0 Å². The van der Waals surface area contributed by atoms with Crippen molar-refractivity contribution in [3.63, 3.8) is 0 Å². The van der Waals surface area contributed by atoms with Crippen LogP contribution in [0.3, 0.4) is 0 Å². The Morgan fingerprint density at radius 2 is 2.12 bits per heavy atom. The number of hydrogen-bond donors (Lipinski definition) is 1. The van der Waals surface area contributed by atoms with E-state index < -0.39 is 5.91 Å². The van der Waals surface area contributed by atoms with Crippen LogP contribution in [-0.2, 0) is 0 Å². The van der Waals surface area contributed by atoms with Crippen LogP contribution in [0.15, 0.2) is 45.7 Å². The van der Waals surface area contributed by atoms with Crippen LogP contribution in [0.25, 0.3) is 11.3 Å². The minimum absolute atomic E-state index is 0.185. The van der Waals surface area contributed by atoms with E-state index >= 15 is 0 Å². The summed E-state index contributed by atoms with van der Waals surface area (Å²) in [5, 5.41) is 0. The van der Waals surface area contributed by atoms with Gasteiger partial charge < -0.3 is 10.2 Å². The summed E-state index contributed by atoms with van der Waals surface area (Å²) in [5.74, 6) is 0.293. The van der Waals surface area contributed by atoms with E-state index in [1.165, 1.54) is 0 Å². The monoisotopic (exact) mass is 233 g/mol. The van der Waals surface area contributed by atoms with Crippen LogP contribution in [-0.4, -0.2) is 12.2 Å². The Hall–Kier alpha value is -1.68. The van der Waals surface area contributed by atoms with Crippen molar-refractivity contribution in [1.29, 1.82) is 0 Å². The topological polar surface area (TPSA) is 56.2 Å². The van der Waals surface area contributed by atoms with Crippen LogP contribution < -0.4 is 5.73 Å². The zero-order valence-corrected chi connectivity index (χ0v) is 9.58. The van der Waals surface area contributed by atoms with Crippen LogP contribution in [0.2, 0.25) is 0 Å². The number of hydrogen-bond acceptors (Lipinski definition) is 3. The average Bonchev–Trinajstić information content (AvgIpc) is 2.78. The van der Waals surface area contributed by atoms with E-state index in [9.17, 15) is 4.79 Å². The molecule has 0 spiro atoms. The zero-order chi connectivity index (χ0) is 11.5. The molecule has 0 bridgehead atoms. The molecule has 1 amide bonds. The fraction of sp³-hybridized carbons (Fsp3) is 0.0833. The number of nitrogens with two attached hydrogens (primary N) is 1. The van der Waals surface area contributed by atoms with Gasteiger partial charge in [0.1, 0.15) is 5.76 Å². The first-order valence-corrected chi connectivity index (χ1v) is 5.97. The van der Waals surface area contributed by atoms with Gasteiger partial charge >= 0.3 is 0 Å². The van der Waals surface area contributed by atoms with Gasteiger partial charge in [-0.3, -0.25) is 4.79 Å². The molecule has 0 saturated heterocycles. The molecule has 1 heterocycles. The van der Waals surface area contributed by atoms with Crippen LogP contribution in [0.4, 0.5) is 0 Å². The number of rotatable bonds is 3. The molecule has 0 saturated carbocycles. The number of carbonyl (C=O) groups excluding carboxylic acids is 1. The zero-order valence-electron chi connectivity index (χ0n) is 8.77. The van der Waals surface area contributed by atoms with Gasteiger partial charge in [-0.15, -0.1) is 11.8 Å². The fourth-order valence-electron chi connectivity index (χ4n) is 1.40. The average molecular weight is 233 g/mol. The highest BCUT2D eigenvalue weighted by Gasteiger charge is 2.08. The number of thioether (sulfide) groups is 1. The highest BCUT2D eigenvalue weighted by atomic mass is 32.2. The molecule has 2 aromatic rings. The summed E-state index contributed by atoms with van der Waals surface area (Å²) in [6.45, 7) is 0. The molecule has 4 heteroatoms. The summed E-state index contributed by atoms with van der Waals surface area (Å²) >= 11 is 1.66. The maximum atomic E-state index is 10.9. The lowest BCUT2D eigenvalue weighted by atomic mass is 10.2. The molecule has 0 aliphatic carbocycles. The Balaban J connectivity index is 2.38. The first-order chi connectivity index (χ1) is 7.70. The van der Waals surface area contributed by atoms with Gasteiger partial charge in [-0.05, 0) is 30.5 Å². The second-order valence-corrected chi connectivity index (χ2v) is 4.14. The van der Waals surface area contributed by atoms with Gasteiger partial charge in [0.05, 0.1) is 0 Å². The van der Waals surface area contributed by atoms with Gasteiger partial charge in [-0.2, -0.15) is 0 Å². The van der Waals surface area contributed by atoms with Crippen LogP contribution in [0, 0.1) is 0 Å². The summed E-state index contributed by atoms with van der Waals surface area (Å²) in [5.41, 5.74) is 6.07. The van der Waals surface area contributed by atoms with Crippen molar-refractivity contribution in [2.75, 3.05) is 6.26 Å². The molecular weight excluding hydrogens is 222 g/mol. The number of primary amides is 1. The number of amides is 1. The van der Waals surface area contributed by atoms with Crippen molar-refractivity contribution < 1.29 is 9.21 Å². The highest BCUT2D eigenvalue weighted by Crippen LogP contribution is 2.25. The number of carbonyl (C=O) groups is 1. The quantitative estimate of drug-likeness (QED) is 0.829. The van der Waals surface area contributed by atoms with E-state index in [-0.39, 0.29) is 5.76 Å². The molecule has 16 heavy (non-hydrogen) atoms. The third-order valence-corrected chi connectivity index (χ3v) is 2.93. The van der Waals surface area contributed by atoms with Gasteiger partial charge in [-0.25, -0.2) is 0 Å². The molecule has 0 unspecified atom stereocenters. The van der Waals surface area contributed by atoms with E-state index in [1.54, 1.807) is 23.9 Å². The second kappa shape index (κ2) is 4.45. The van der Waals surface area contributed by atoms with Crippen molar-refractivity contribution >= 4 is 17.7 Å². The molecular formula is C12H11NO2S. The van der Waals surface area contributed by atoms with Crippen LogP contribution in [0.1, 0.15) is 10.6 Å².